The highest BCUT2D eigenvalue weighted by atomic mass is 15.1. The fourth-order valence-electron chi connectivity index (χ4n) is 1.69. The highest BCUT2D eigenvalue weighted by molar-refractivity contribution is 5.58. The van der Waals surface area contributed by atoms with Crippen LogP contribution in [-0.4, -0.2) is 22.6 Å². The Morgan fingerprint density at radius 2 is 1.88 bits per heavy atom. The molecular formula is C13H22N4. The molecule has 1 aliphatic rings. The molecule has 1 aromatic heterocycles. The van der Waals surface area contributed by atoms with Gasteiger partial charge < -0.3 is 10.6 Å². The Morgan fingerprint density at radius 3 is 2.41 bits per heavy atom. The van der Waals surface area contributed by atoms with Gasteiger partial charge in [-0.3, -0.25) is 0 Å². The average Bonchev–Trinajstić information content (AvgIpc) is 3.07. The monoisotopic (exact) mass is 234 g/mol. The molecule has 0 bridgehead atoms. The lowest BCUT2D eigenvalue weighted by Gasteiger charge is -2.15. The van der Waals surface area contributed by atoms with Gasteiger partial charge in [-0.15, -0.1) is 0 Å². The molecular weight excluding hydrogens is 212 g/mol. The predicted octanol–water partition coefficient (Wildman–Crippen LogP) is 2.91. The third-order valence-electron chi connectivity index (χ3n) is 2.94. The zero-order valence-corrected chi connectivity index (χ0v) is 11.2. The molecule has 0 spiro atoms. The second kappa shape index (κ2) is 4.90. The van der Waals surface area contributed by atoms with E-state index in [1.807, 2.05) is 0 Å². The van der Waals surface area contributed by atoms with Gasteiger partial charge in [0, 0.05) is 24.1 Å². The Balaban J connectivity index is 2.32. The second-order valence-corrected chi connectivity index (χ2v) is 5.01. The lowest BCUT2D eigenvalue weighted by Crippen LogP contribution is -2.12. The number of nitrogens with zero attached hydrogens (tertiary/aromatic N) is 2. The molecule has 0 aromatic carbocycles. The number of aromatic nitrogens is 2. The van der Waals surface area contributed by atoms with Crippen LogP contribution < -0.4 is 10.6 Å². The molecule has 0 atom stereocenters. The molecule has 4 heteroatoms. The first-order valence-electron chi connectivity index (χ1n) is 6.50. The van der Waals surface area contributed by atoms with Crippen molar-refractivity contribution in [3.63, 3.8) is 0 Å². The van der Waals surface area contributed by atoms with E-state index in [2.05, 4.69) is 48.3 Å². The minimum Gasteiger partial charge on any atom is -0.370 e. The van der Waals surface area contributed by atoms with Crippen molar-refractivity contribution in [3.8, 4) is 0 Å². The van der Waals surface area contributed by atoms with Crippen molar-refractivity contribution < 1.29 is 0 Å². The first-order valence-corrected chi connectivity index (χ1v) is 6.50. The van der Waals surface area contributed by atoms with Gasteiger partial charge in [-0.1, -0.05) is 13.8 Å². The van der Waals surface area contributed by atoms with Crippen molar-refractivity contribution in [2.75, 3.05) is 17.2 Å². The molecule has 0 unspecified atom stereocenters. The molecule has 1 aliphatic carbocycles. The molecule has 1 saturated carbocycles. The maximum Gasteiger partial charge on any atom is 0.135 e. The number of anilines is 2. The summed E-state index contributed by atoms with van der Waals surface area (Å²) in [6, 6.07) is 0.623. The number of hydrogen-bond donors (Lipinski definition) is 2. The molecule has 4 nitrogen and oxygen atoms in total. The largest absolute Gasteiger partial charge is 0.370 e. The van der Waals surface area contributed by atoms with E-state index in [0.29, 0.717) is 12.0 Å². The Bertz CT molecular complexity index is 397. The van der Waals surface area contributed by atoms with E-state index in [1.54, 1.807) is 0 Å². The summed E-state index contributed by atoms with van der Waals surface area (Å²) in [4.78, 5) is 9.22. The second-order valence-electron chi connectivity index (χ2n) is 5.01. The van der Waals surface area contributed by atoms with Crippen LogP contribution in [0.5, 0.6) is 0 Å². The van der Waals surface area contributed by atoms with Gasteiger partial charge >= 0.3 is 0 Å². The molecule has 0 radical (unpaired) electrons. The van der Waals surface area contributed by atoms with Gasteiger partial charge in [-0.2, -0.15) is 0 Å². The SMILES string of the molecule is CCNc1nc(C(C)C)nc(NC2CC2)c1C. The Kier molecular flexibility index (Phi) is 3.50. The van der Waals surface area contributed by atoms with Crippen LogP contribution in [0.15, 0.2) is 0 Å². The molecule has 0 amide bonds. The minimum absolute atomic E-state index is 0.354. The van der Waals surface area contributed by atoms with E-state index in [9.17, 15) is 0 Å². The van der Waals surface area contributed by atoms with Crippen molar-refractivity contribution in [1.82, 2.24) is 9.97 Å². The van der Waals surface area contributed by atoms with Gasteiger partial charge in [0.2, 0.25) is 0 Å². The van der Waals surface area contributed by atoms with Crippen molar-refractivity contribution >= 4 is 11.6 Å². The van der Waals surface area contributed by atoms with Crippen LogP contribution in [0.3, 0.4) is 0 Å². The molecule has 1 fully saturated rings. The van der Waals surface area contributed by atoms with Crippen LogP contribution in [0.4, 0.5) is 11.6 Å². The van der Waals surface area contributed by atoms with Crippen LogP contribution in [0, 0.1) is 6.92 Å². The number of hydrogen-bond acceptors (Lipinski definition) is 4. The Hall–Kier alpha value is -1.32. The summed E-state index contributed by atoms with van der Waals surface area (Å²) >= 11 is 0. The fraction of sp³-hybridized carbons (Fsp3) is 0.692. The zero-order valence-electron chi connectivity index (χ0n) is 11.2. The van der Waals surface area contributed by atoms with Crippen molar-refractivity contribution in [2.45, 2.75) is 52.5 Å². The minimum atomic E-state index is 0.354. The van der Waals surface area contributed by atoms with Gasteiger partial charge in [0.1, 0.15) is 17.5 Å². The molecule has 2 N–H and O–H groups in total. The average molecular weight is 234 g/mol. The van der Waals surface area contributed by atoms with Gasteiger partial charge in [0.25, 0.3) is 0 Å². The number of rotatable bonds is 5. The summed E-state index contributed by atoms with van der Waals surface area (Å²) in [7, 11) is 0. The van der Waals surface area contributed by atoms with Crippen molar-refractivity contribution in [1.29, 1.82) is 0 Å². The van der Waals surface area contributed by atoms with E-state index >= 15 is 0 Å². The van der Waals surface area contributed by atoms with E-state index in [4.69, 9.17) is 0 Å². The first kappa shape index (κ1) is 12.1. The predicted molar refractivity (Wildman–Crippen MR) is 71.7 cm³/mol. The van der Waals surface area contributed by atoms with E-state index in [0.717, 1.165) is 29.6 Å². The maximum atomic E-state index is 4.63. The summed E-state index contributed by atoms with van der Waals surface area (Å²) in [6.07, 6.45) is 2.52. The van der Waals surface area contributed by atoms with Crippen molar-refractivity contribution in [3.05, 3.63) is 11.4 Å². The molecule has 1 heterocycles. The smallest absolute Gasteiger partial charge is 0.135 e. The summed E-state index contributed by atoms with van der Waals surface area (Å²) in [6.45, 7) is 9.30. The Morgan fingerprint density at radius 1 is 1.24 bits per heavy atom. The third-order valence-corrected chi connectivity index (χ3v) is 2.94. The highest BCUT2D eigenvalue weighted by Gasteiger charge is 2.23. The number of nitrogens with one attached hydrogen (secondary N) is 2. The van der Waals surface area contributed by atoms with E-state index in [-0.39, 0.29) is 0 Å². The van der Waals surface area contributed by atoms with Gasteiger partial charge in [0.05, 0.1) is 0 Å². The molecule has 0 aliphatic heterocycles. The molecule has 1 aromatic rings. The van der Waals surface area contributed by atoms with Crippen LogP contribution in [0.2, 0.25) is 0 Å². The molecule has 17 heavy (non-hydrogen) atoms. The quantitative estimate of drug-likeness (QED) is 0.822. The van der Waals surface area contributed by atoms with E-state index < -0.39 is 0 Å². The van der Waals surface area contributed by atoms with Gasteiger partial charge in [0.15, 0.2) is 0 Å². The molecule has 0 saturated heterocycles. The first-order chi connectivity index (χ1) is 8.11. The van der Waals surface area contributed by atoms with Crippen molar-refractivity contribution in [2.24, 2.45) is 0 Å². The van der Waals surface area contributed by atoms with Crippen LogP contribution in [-0.2, 0) is 0 Å². The molecule has 2 rings (SSSR count). The lowest BCUT2D eigenvalue weighted by molar-refractivity contribution is 0.772. The van der Waals surface area contributed by atoms with Crippen LogP contribution in [0.1, 0.15) is 50.9 Å². The topological polar surface area (TPSA) is 49.8 Å². The zero-order chi connectivity index (χ0) is 12.4. The summed E-state index contributed by atoms with van der Waals surface area (Å²) < 4.78 is 0. The maximum absolute atomic E-state index is 4.63. The fourth-order valence-corrected chi connectivity index (χ4v) is 1.69. The van der Waals surface area contributed by atoms with E-state index in [1.165, 1.54) is 12.8 Å². The van der Waals surface area contributed by atoms with Crippen LogP contribution >= 0.6 is 0 Å². The third kappa shape index (κ3) is 2.87. The van der Waals surface area contributed by atoms with Gasteiger partial charge in [-0.05, 0) is 26.7 Å². The lowest BCUT2D eigenvalue weighted by atomic mass is 10.2. The standard InChI is InChI=1S/C13H22N4/c1-5-14-12-9(4)13(15-10-6-7-10)17-11(16-12)8(2)3/h8,10H,5-7H2,1-4H3,(H2,14,15,16,17). The summed E-state index contributed by atoms with van der Waals surface area (Å²) in [5.41, 5.74) is 1.13. The van der Waals surface area contributed by atoms with Gasteiger partial charge in [-0.25, -0.2) is 9.97 Å². The summed E-state index contributed by atoms with van der Waals surface area (Å²) in [5.74, 6) is 3.24. The van der Waals surface area contributed by atoms with Crippen LogP contribution in [0.25, 0.3) is 0 Å². The Labute approximate surface area is 103 Å². The molecule has 94 valence electrons. The summed E-state index contributed by atoms with van der Waals surface area (Å²) in [5, 5.41) is 6.80. The normalized spacial score (nSPS) is 15.1. The highest BCUT2D eigenvalue weighted by Crippen LogP contribution is 2.28.